The Morgan fingerprint density at radius 2 is 1.74 bits per heavy atom. The maximum absolute atomic E-state index is 13.2. The molecule has 1 fully saturated rings. The van der Waals surface area contributed by atoms with Gasteiger partial charge in [-0.25, -0.2) is 0 Å². The minimum Gasteiger partial charge on any atom is -0.493 e. The highest BCUT2D eigenvalue weighted by molar-refractivity contribution is 8.19. The third-order valence-electron chi connectivity index (χ3n) is 5.96. The molecule has 0 radical (unpaired) electrons. The molecule has 3 rings (SSSR count). The maximum atomic E-state index is 13.2. The van der Waals surface area contributed by atoms with Crippen LogP contribution in [0.4, 0.5) is 0 Å². The smallest absolute Gasteiger partial charge is 0.284 e. The number of benzene rings is 2. The first kappa shape index (κ1) is 29.5. The lowest BCUT2D eigenvalue weighted by molar-refractivity contribution is -0.121. The Hall–Kier alpha value is -3.04. The zero-order valence-electron chi connectivity index (χ0n) is 22.3. The molecule has 1 saturated heterocycles. The molecular formula is C29H36N2O5S2. The molecule has 204 valence electrons. The average Bonchev–Trinajstić information content (AvgIpc) is 3.17. The van der Waals surface area contributed by atoms with Crippen LogP contribution in [-0.2, 0) is 14.8 Å². The van der Waals surface area contributed by atoms with Crippen molar-refractivity contribution in [3.63, 3.8) is 0 Å². The first-order valence-electron chi connectivity index (χ1n) is 12.8. The summed E-state index contributed by atoms with van der Waals surface area (Å²) in [6.07, 6.45) is 10.2. The van der Waals surface area contributed by atoms with Crippen LogP contribution in [0.15, 0.2) is 69.3 Å². The molecule has 1 aliphatic rings. The van der Waals surface area contributed by atoms with Gasteiger partial charge in [0.25, 0.3) is 15.9 Å². The van der Waals surface area contributed by atoms with Crippen molar-refractivity contribution < 1.29 is 22.7 Å². The van der Waals surface area contributed by atoms with Crippen LogP contribution in [0, 0.1) is 6.92 Å². The summed E-state index contributed by atoms with van der Waals surface area (Å²) in [4.78, 5) is 14.9. The molecule has 1 heterocycles. The van der Waals surface area contributed by atoms with Crippen molar-refractivity contribution in [3.8, 4) is 11.5 Å². The largest absolute Gasteiger partial charge is 0.493 e. The van der Waals surface area contributed by atoms with E-state index in [9.17, 15) is 13.2 Å². The summed E-state index contributed by atoms with van der Waals surface area (Å²) in [7, 11) is -2.40. The summed E-state index contributed by atoms with van der Waals surface area (Å²) in [6, 6.07) is 11.9. The molecule has 0 bridgehead atoms. The van der Waals surface area contributed by atoms with Gasteiger partial charge in [0, 0.05) is 6.54 Å². The number of aryl methyl sites for hydroxylation is 1. The van der Waals surface area contributed by atoms with E-state index in [1.807, 2.05) is 19.1 Å². The lowest BCUT2D eigenvalue weighted by Crippen LogP contribution is -2.29. The van der Waals surface area contributed by atoms with E-state index < -0.39 is 10.0 Å². The Balaban J connectivity index is 1.80. The average molecular weight is 557 g/mol. The Morgan fingerprint density at radius 1 is 1.03 bits per heavy atom. The fourth-order valence-electron chi connectivity index (χ4n) is 3.84. The molecule has 0 spiro atoms. The summed E-state index contributed by atoms with van der Waals surface area (Å²) in [5.41, 5.74) is 1.68. The number of carbonyl (C=O) groups excluding carboxylic acids is 1. The van der Waals surface area contributed by atoms with E-state index in [1.165, 1.54) is 48.8 Å². The number of methoxy groups -OCH3 is 1. The van der Waals surface area contributed by atoms with Crippen molar-refractivity contribution in [1.82, 2.24) is 4.90 Å². The molecule has 0 atom stereocenters. The van der Waals surface area contributed by atoms with Gasteiger partial charge >= 0.3 is 0 Å². The molecule has 9 heteroatoms. The Labute approximate surface area is 230 Å². The number of hydrogen-bond donors (Lipinski definition) is 0. The van der Waals surface area contributed by atoms with Gasteiger partial charge in [-0.15, -0.1) is 11.0 Å². The fourth-order valence-corrected chi connectivity index (χ4v) is 6.03. The topological polar surface area (TPSA) is 85.3 Å². The second kappa shape index (κ2) is 14.2. The number of ether oxygens (including phenoxy) is 2. The van der Waals surface area contributed by atoms with Gasteiger partial charge in [0.05, 0.1) is 23.5 Å². The maximum Gasteiger partial charge on any atom is 0.284 e. The normalized spacial score (nSPS) is 15.9. The van der Waals surface area contributed by atoms with Gasteiger partial charge in [-0.2, -0.15) is 8.42 Å². The monoisotopic (exact) mass is 556 g/mol. The standard InChI is InChI=1S/C29H36N2O5S2/c1-5-7-8-9-10-11-19-36-26-20-23(14-17-25(26)35-4)21-27-28(32)31(18-6-2)29(37-27)30-38(33,34)24-15-12-22(3)13-16-24/h6,12-17,20-21H,2,5,7-11,18-19H2,1,3-4H3/b27-21-,30-29+. The first-order chi connectivity index (χ1) is 18.3. The van der Waals surface area contributed by atoms with Crippen molar-refractivity contribution in [2.75, 3.05) is 20.3 Å². The summed E-state index contributed by atoms with van der Waals surface area (Å²) >= 11 is 1.02. The molecule has 0 saturated carbocycles. The number of unbranched alkanes of at least 4 members (excludes halogenated alkanes) is 5. The number of nitrogens with zero attached hydrogens (tertiary/aromatic N) is 2. The van der Waals surface area contributed by atoms with Crippen LogP contribution < -0.4 is 9.47 Å². The molecule has 2 aromatic rings. The molecular weight excluding hydrogens is 520 g/mol. The summed E-state index contributed by atoms with van der Waals surface area (Å²) in [6.45, 7) is 8.49. The highest BCUT2D eigenvalue weighted by Crippen LogP contribution is 2.35. The number of amides is 1. The van der Waals surface area contributed by atoms with Gasteiger partial charge < -0.3 is 9.47 Å². The minimum atomic E-state index is -3.99. The highest BCUT2D eigenvalue weighted by atomic mass is 32.2. The van der Waals surface area contributed by atoms with Crippen molar-refractivity contribution in [2.45, 2.75) is 57.3 Å². The van der Waals surface area contributed by atoms with Crippen LogP contribution in [-0.4, -0.2) is 44.7 Å². The Morgan fingerprint density at radius 3 is 2.42 bits per heavy atom. The summed E-state index contributed by atoms with van der Waals surface area (Å²) in [5, 5.41) is 0.0924. The lowest BCUT2D eigenvalue weighted by Gasteiger charge is -2.12. The minimum absolute atomic E-state index is 0.0712. The molecule has 0 unspecified atom stereocenters. The Kier molecular flexibility index (Phi) is 11.0. The van der Waals surface area contributed by atoms with Crippen LogP contribution >= 0.6 is 11.8 Å². The second-order valence-corrected chi connectivity index (χ2v) is 11.6. The third-order valence-corrected chi connectivity index (χ3v) is 8.36. The van der Waals surface area contributed by atoms with Gasteiger partial charge in [0.1, 0.15) is 0 Å². The number of amidine groups is 1. The van der Waals surface area contributed by atoms with E-state index in [-0.39, 0.29) is 22.5 Å². The van der Waals surface area contributed by atoms with Gasteiger partial charge in [0.15, 0.2) is 16.7 Å². The third kappa shape index (κ3) is 7.98. The summed E-state index contributed by atoms with van der Waals surface area (Å²) in [5.74, 6) is 0.881. The predicted molar refractivity (Wildman–Crippen MR) is 155 cm³/mol. The quantitative estimate of drug-likeness (QED) is 0.148. The summed E-state index contributed by atoms with van der Waals surface area (Å²) < 4.78 is 41.3. The van der Waals surface area contributed by atoms with Crippen LogP contribution in [0.5, 0.6) is 11.5 Å². The van der Waals surface area contributed by atoms with Crippen molar-refractivity contribution in [3.05, 3.63) is 71.2 Å². The van der Waals surface area contributed by atoms with E-state index in [1.54, 1.807) is 31.4 Å². The SMILES string of the molecule is C=CCN1C(=O)/C(=C/c2ccc(OC)c(OCCCCCCCC)c2)S/C1=N/S(=O)(=O)c1ccc(C)cc1. The van der Waals surface area contributed by atoms with Gasteiger partial charge in [-0.05, 0) is 61.0 Å². The Bertz CT molecular complexity index is 1280. The van der Waals surface area contributed by atoms with E-state index in [0.717, 1.165) is 35.7 Å². The molecule has 0 aliphatic carbocycles. The molecule has 2 aromatic carbocycles. The van der Waals surface area contributed by atoms with E-state index in [2.05, 4.69) is 17.9 Å². The van der Waals surface area contributed by atoms with E-state index >= 15 is 0 Å². The molecule has 0 N–H and O–H groups in total. The number of carbonyl (C=O) groups is 1. The zero-order valence-corrected chi connectivity index (χ0v) is 23.9. The van der Waals surface area contributed by atoms with Crippen LogP contribution in [0.2, 0.25) is 0 Å². The first-order valence-corrected chi connectivity index (χ1v) is 15.1. The second-order valence-electron chi connectivity index (χ2n) is 9.00. The predicted octanol–water partition coefficient (Wildman–Crippen LogP) is 6.59. The molecule has 38 heavy (non-hydrogen) atoms. The van der Waals surface area contributed by atoms with Gasteiger partial charge in [-0.3, -0.25) is 9.69 Å². The highest BCUT2D eigenvalue weighted by Gasteiger charge is 2.34. The number of hydrogen-bond acceptors (Lipinski definition) is 6. The lowest BCUT2D eigenvalue weighted by atomic mass is 10.1. The number of thioether (sulfide) groups is 1. The van der Waals surface area contributed by atoms with Gasteiger partial charge in [-0.1, -0.05) is 68.9 Å². The van der Waals surface area contributed by atoms with Crippen molar-refractivity contribution >= 4 is 38.9 Å². The fraction of sp³-hybridized carbons (Fsp3) is 0.379. The van der Waals surface area contributed by atoms with E-state index in [0.29, 0.717) is 23.0 Å². The molecule has 1 aliphatic heterocycles. The molecule has 0 aromatic heterocycles. The molecule has 7 nitrogen and oxygen atoms in total. The van der Waals surface area contributed by atoms with Crippen LogP contribution in [0.1, 0.15) is 56.6 Å². The zero-order chi connectivity index (χ0) is 27.5. The van der Waals surface area contributed by atoms with Gasteiger partial charge in [0.2, 0.25) is 0 Å². The number of sulfonamides is 1. The van der Waals surface area contributed by atoms with Crippen molar-refractivity contribution in [2.24, 2.45) is 4.40 Å². The number of rotatable bonds is 14. The van der Waals surface area contributed by atoms with Crippen LogP contribution in [0.25, 0.3) is 6.08 Å². The van der Waals surface area contributed by atoms with Crippen molar-refractivity contribution in [1.29, 1.82) is 0 Å². The molecule has 1 amide bonds. The van der Waals surface area contributed by atoms with E-state index in [4.69, 9.17) is 9.47 Å². The van der Waals surface area contributed by atoms with Crippen LogP contribution in [0.3, 0.4) is 0 Å².